The lowest BCUT2D eigenvalue weighted by atomic mass is 9.86. The summed E-state index contributed by atoms with van der Waals surface area (Å²) in [4.78, 5) is 79.8. The lowest BCUT2D eigenvalue weighted by molar-refractivity contribution is -0.172. The Morgan fingerprint density at radius 3 is 1.35 bits per heavy atom. The van der Waals surface area contributed by atoms with Crippen molar-refractivity contribution in [1.29, 1.82) is 0 Å². The molecule has 71 heavy (non-hydrogen) atoms. The third-order valence-corrected chi connectivity index (χ3v) is 11.0. The highest BCUT2D eigenvalue weighted by atomic mass is 16.7. The largest absolute Gasteiger partial charge is 0.466 e. The summed E-state index contributed by atoms with van der Waals surface area (Å²) in [7, 11) is 0. The van der Waals surface area contributed by atoms with Crippen molar-refractivity contribution in [1.82, 2.24) is 5.32 Å². The van der Waals surface area contributed by atoms with E-state index in [1.54, 1.807) is 55.4 Å². The summed E-state index contributed by atoms with van der Waals surface area (Å²) in [5, 5.41) is 21.9. The molecule has 1 aliphatic carbocycles. The van der Waals surface area contributed by atoms with Gasteiger partial charge in [0.15, 0.2) is 13.2 Å². The molecule has 19 nitrogen and oxygen atoms in total. The van der Waals surface area contributed by atoms with E-state index >= 15 is 0 Å². The van der Waals surface area contributed by atoms with Crippen molar-refractivity contribution in [2.45, 2.75) is 204 Å². The number of esters is 6. The van der Waals surface area contributed by atoms with E-state index in [-0.39, 0.29) is 67.1 Å². The molecule has 0 spiro atoms. The summed E-state index contributed by atoms with van der Waals surface area (Å²) in [6.07, 6.45) is 2.07. The lowest BCUT2D eigenvalue weighted by Crippen LogP contribution is -2.39. The van der Waals surface area contributed by atoms with Crippen molar-refractivity contribution in [3.8, 4) is 0 Å². The van der Waals surface area contributed by atoms with E-state index < -0.39 is 77.7 Å². The van der Waals surface area contributed by atoms with Crippen LogP contribution in [0.4, 0.5) is 4.79 Å². The Labute approximate surface area is 430 Å². The van der Waals surface area contributed by atoms with Crippen LogP contribution in [0.1, 0.15) is 185 Å². The zero-order chi connectivity index (χ0) is 52.4. The summed E-state index contributed by atoms with van der Waals surface area (Å²) in [6, 6.07) is 0. The average Bonchev–Trinajstić information content (AvgIpc) is 3.29. The molecule has 4 atom stereocenters. The van der Waals surface area contributed by atoms with Crippen LogP contribution in [0.25, 0.3) is 0 Å². The first-order valence-electron chi connectivity index (χ1n) is 23.6. The smallest absolute Gasteiger partial charge is 0.410 e. The van der Waals surface area contributed by atoms with Crippen LogP contribution in [0.15, 0.2) is 0 Å². The van der Waals surface area contributed by atoms with Crippen molar-refractivity contribution in [2.24, 2.45) is 27.6 Å². The fourth-order valence-electron chi connectivity index (χ4n) is 4.58. The molecular weight excluding hydrogens is 927 g/mol. The first-order chi connectivity index (χ1) is 31.1. The maximum Gasteiger partial charge on any atom is 0.410 e. The van der Waals surface area contributed by atoms with Gasteiger partial charge < -0.3 is 58.2 Å². The van der Waals surface area contributed by atoms with Gasteiger partial charge in [-0.25, -0.2) is 14.4 Å². The van der Waals surface area contributed by atoms with Gasteiger partial charge in [0, 0.05) is 26.4 Å². The lowest BCUT2D eigenvalue weighted by Gasteiger charge is -2.32. The van der Waals surface area contributed by atoms with E-state index in [4.69, 9.17) is 37.9 Å². The molecule has 426 valence electrons. The molecule has 0 heterocycles. The van der Waals surface area contributed by atoms with Crippen molar-refractivity contribution in [2.75, 3.05) is 66.2 Å². The van der Waals surface area contributed by atoms with Gasteiger partial charge in [-0.2, -0.15) is 0 Å². The number of hydrogen-bond donors (Lipinski definition) is 3. The minimum absolute atomic E-state index is 0. The number of carbonyl (C=O) groups is 7. The SMILES string of the molecule is C.C.C.C.CCNC(=O)OCOC(=O)C(C)(C)CC.CCOC(=O)C(C)(C)CC.CCOCC(O)COC(=O)COC(=O)C(C)(C)CC.CCOCC1CCC(OC(=O)COC(=O)C(C)(C)CC)C(O)C1. The van der Waals surface area contributed by atoms with Crippen molar-refractivity contribution in [3.05, 3.63) is 0 Å². The van der Waals surface area contributed by atoms with Gasteiger partial charge in [0.2, 0.25) is 6.79 Å². The maximum atomic E-state index is 11.8. The van der Waals surface area contributed by atoms with Crippen LogP contribution in [-0.2, 0) is 71.4 Å². The number of aliphatic hydroxyl groups excluding tert-OH is 2. The topological polar surface area (TPSA) is 255 Å². The van der Waals surface area contributed by atoms with Crippen molar-refractivity contribution >= 4 is 41.9 Å². The molecule has 0 aromatic carbocycles. The molecule has 0 aliphatic heterocycles. The highest BCUT2D eigenvalue weighted by Crippen LogP contribution is 2.28. The quantitative estimate of drug-likeness (QED) is 0.0437. The number of hydrogen-bond acceptors (Lipinski definition) is 18. The number of amides is 1. The molecular formula is C52H105NO18. The molecule has 0 bridgehead atoms. The van der Waals surface area contributed by atoms with Crippen LogP contribution in [0.2, 0.25) is 0 Å². The van der Waals surface area contributed by atoms with Gasteiger partial charge in [0.25, 0.3) is 0 Å². The zero-order valence-electron chi connectivity index (χ0n) is 43.8. The second kappa shape index (κ2) is 43.5. The van der Waals surface area contributed by atoms with E-state index in [0.717, 1.165) is 12.8 Å². The molecule has 3 N–H and O–H groups in total. The number of nitrogens with one attached hydrogen (secondary N) is 1. The van der Waals surface area contributed by atoms with Gasteiger partial charge >= 0.3 is 41.9 Å². The summed E-state index contributed by atoms with van der Waals surface area (Å²) in [6.45, 7) is 30.8. The third-order valence-electron chi connectivity index (χ3n) is 11.0. The third kappa shape index (κ3) is 38.3. The molecule has 1 rings (SSSR count). The summed E-state index contributed by atoms with van der Waals surface area (Å²) >= 11 is 0. The van der Waals surface area contributed by atoms with E-state index in [0.29, 0.717) is 71.0 Å². The molecule has 4 unspecified atom stereocenters. The van der Waals surface area contributed by atoms with Gasteiger partial charge in [0.1, 0.15) is 18.8 Å². The standard InChI is InChI=1S/C17H30O6.C13H24O6.C10H19NO4.C8H16O2.4CH4/c1-5-17(3,4)16(20)22-11-15(19)23-14-8-7-12(9-13(14)18)10-21-6-2;1-5-13(3,4)12(16)19-9-11(15)18-8-10(14)7-17-6-2;1-5-10(3,4)8(12)14-7-15-9(13)11-6-2;1-5-8(3,4)7(9)10-6-2;;;;/h12-14,18H,5-11H2,1-4H3;10,14H,5-9H2,1-4H3;5-7H2,1-4H3,(H,11,13);5-6H2,1-4H3;4*1H4. The van der Waals surface area contributed by atoms with Crippen molar-refractivity contribution < 1.29 is 86.4 Å². The Morgan fingerprint density at radius 1 is 0.535 bits per heavy atom. The normalized spacial score (nSPS) is 15.4. The Bertz CT molecular complexity index is 1430. The number of alkyl carbamates (subject to hydrolysis) is 1. The molecule has 1 saturated carbocycles. The predicted octanol–water partition coefficient (Wildman–Crippen LogP) is 9.18. The van der Waals surface area contributed by atoms with Crippen LogP contribution in [-0.4, -0.2) is 137 Å². The molecule has 0 radical (unpaired) electrons. The van der Waals surface area contributed by atoms with Crippen LogP contribution in [0, 0.1) is 27.6 Å². The number of aliphatic hydroxyl groups is 2. The van der Waals surface area contributed by atoms with Gasteiger partial charge in [-0.15, -0.1) is 0 Å². The highest BCUT2D eigenvalue weighted by molar-refractivity contribution is 5.80. The first-order valence-corrected chi connectivity index (χ1v) is 23.6. The summed E-state index contributed by atoms with van der Waals surface area (Å²) < 4.78 is 44.4. The minimum Gasteiger partial charge on any atom is -0.466 e. The van der Waals surface area contributed by atoms with Gasteiger partial charge in [-0.1, -0.05) is 57.4 Å². The average molecular weight is 1030 g/mol. The van der Waals surface area contributed by atoms with Gasteiger partial charge in [-0.05, 0) is 134 Å². The summed E-state index contributed by atoms with van der Waals surface area (Å²) in [5.41, 5.74) is -2.08. The monoisotopic (exact) mass is 1030 g/mol. The minimum atomic E-state index is -0.869. The fourth-order valence-corrected chi connectivity index (χ4v) is 4.58. The molecule has 0 aromatic rings. The van der Waals surface area contributed by atoms with Crippen LogP contribution >= 0.6 is 0 Å². The van der Waals surface area contributed by atoms with Crippen LogP contribution in [0.3, 0.4) is 0 Å². The number of carbonyl (C=O) groups excluding carboxylic acids is 7. The molecule has 1 amide bonds. The highest BCUT2D eigenvalue weighted by Gasteiger charge is 2.34. The van der Waals surface area contributed by atoms with Gasteiger partial charge in [-0.3, -0.25) is 19.2 Å². The Kier molecular flexibility index (Phi) is 49.6. The number of ether oxygens (including phenoxy) is 9. The van der Waals surface area contributed by atoms with Crippen LogP contribution in [0.5, 0.6) is 0 Å². The Hall–Kier alpha value is -4.07. The maximum absolute atomic E-state index is 11.8. The van der Waals surface area contributed by atoms with E-state index in [1.165, 1.54) is 0 Å². The second-order valence-corrected chi connectivity index (χ2v) is 18.3. The fraction of sp³-hybridized carbons (Fsp3) is 0.865. The zero-order valence-corrected chi connectivity index (χ0v) is 43.8. The Balaban J connectivity index is -0.000000157. The van der Waals surface area contributed by atoms with Crippen LogP contribution < -0.4 is 5.32 Å². The molecule has 1 aliphatic rings. The molecule has 1 fully saturated rings. The second-order valence-electron chi connectivity index (χ2n) is 18.3. The predicted molar refractivity (Wildman–Crippen MR) is 276 cm³/mol. The first kappa shape index (κ1) is 81.0. The summed E-state index contributed by atoms with van der Waals surface area (Å²) in [5.74, 6) is -2.33. The molecule has 0 saturated heterocycles. The van der Waals surface area contributed by atoms with Gasteiger partial charge in [0.05, 0.1) is 41.0 Å². The van der Waals surface area contributed by atoms with E-state index in [2.05, 4.69) is 10.1 Å². The van der Waals surface area contributed by atoms with Crippen molar-refractivity contribution in [3.63, 3.8) is 0 Å². The number of rotatable bonds is 25. The van der Waals surface area contributed by atoms with E-state index in [9.17, 15) is 43.8 Å². The molecule has 0 aromatic heterocycles. The van der Waals surface area contributed by atoms with E-state index in [1.807, 2.05) is 55.4 Å². The molecule has 19 heteroatoms. The Morgan fingerprint density at radius 2 is 0.958 bits per heavy atom.